The third kappa shape index (κ3) is 3.57. The maximum absolute atomic E-state index is 11.5. The van der Waals surface area contributed by atoms with Crippen LogP contribution in [0.3, 0.4) is 0 Å². The molecule has 0 spiro atoms. The molecule has 1 heterocycles. The van der Waals surface area contributed by atoms with Gasteiger partial charge in [-0.2, -0.15) is 0 Å². The van der Waals surface area contributed by atoms with Gasteiger partial charge in [0.25, 0.3) is 0 Å². The molecule has 0 atom stereocenters. The Balaban J connectivity index is 1.83. The summed E-state index contributed by atoms with van der Waals surface area (Å²) in [6.07, 6.45) is 3.14. The van der Waals surface area contributed by atoms with Crippen LogP contribution in [0.2, 0.25) is 0 Å². The van der Waals surface area contributed by atoms with Crippen LogP contribution >= 0.6 is 0 Å². The normalized spacial score (nSPS) is 9.65. The van der Waals surface area contributed by atoms with Gasteiger partial charge in [0, 0.05) is 18.9 Å². The van der Waals surface area contributed by atoms with Gasteiger partial charge < -0.3 is 5.32 Å². The molecular weight excluding hydrogens is 216 g/mol. The average molecular weight is 228 g/mol. The van der Waals surface area contributed by atoms with Gasteiger partial charge in [-0.05, 0) is 11.6 Å². The maximum atomic E-state index is 11.5. The first kappa shape index (κ1) is 11.1. The van der Waals surface area contributed by atoms with Crippen LogP contribution in [0.25, 0.3) is 0 Å². The number of aromatic nitrogens is 2. The number of anilines is 1. The first-order valence-electron chi connectivity index (χ1n) is 5.20. The Morgan fingerprint density at radius 1 is 1.06 bits per heavy atom. The SMILES string of the molecule is O=C(NCc1ccccc1)Nc1ncccn1. The van der Waals surface area contributed by atoms with Gasteiger partial charge in [0.2, 0.25) is 5.95 Å². The molecule has 5 nitrogen and oxygen atoms in total. The minimum absolute atomic E-state index is 0.290. The molecule has 0 fully saturated rings. The summed E-state index contributed by atoms with van der Waals surface area (Å²) >= 11 is 0. The maximum Gasteiger partial charge on any atom is 0.321 e. The van der Waals surface area contributed by atoms with Crippen molar-refractivity contribution in [3.8, 4) is 0 Å². The van der Waals surface area contributed by atoms with Crippen LogP contribution in [-0.2, 0) is 6.54 Å². The summed E-state index contributed by atoms with van der Waals surface area (Å²) in [4.78, 5) is 19.3. The second-order valence-electron chi connectivity index (χ2n) is 3.37. The molecule has 0 aliphatic carbocycles. The van der Waals surface area contributed by atoms with E-state index in [0.29, 0.717) is 6.54 Å². The number of nitrogens with zero attached hydrogens (tertiary/aromatic N) is 2. The third-order valence-corrected chi connectivity index (χ3v) is 2.09. The largest absolute Gasteiger partial charge is 0.334 e. The van der Waals surface area contributed by atoms with Crippen LogP contribution < -0.4 is 10.6 Å². The molecule has 0 aliphatic heterocycles. The molecule has 1 aromatic carbocycles. The quantitative estimate of drug-likeness (QED) is 0.841. The van der Waals surface area contributed by atoms with Crippen molar-refractivity contribution in [2.45, 2.75) is 6.54 Å². The molecule has 17 heavy (non-hydrogen) atoms. The highest BCUT2D eigenvalue weighted by molar-refractivity contribution is 5.87. The number of nitrogens with one attached hydrogen (secondary N) is 2. The molecule has 0 unspecified atom stereocenters. The van der Waals surface area contributed by atoms with Gasteiger partial charge in [0.15, 0.2) is 0 Å². The lowest BCUT2D eigenvalue weighted by Crippen LogP contribution is -2.28. The predicted molar refractivity (Wildman–Crippen MR) is 64.3 cm³/mol. The Morgan fingerprint density at radius 3 is 2.47 bits per heavy atom. The summed E-state index contributed by atoms with van der Waals surface area (Å²) in [5.41, 5.74) is 1.04. The van der Waals surface area contributed by atoms with E-state index < -0.39 is 0 Å². The Bertz CT molecular complexity index is 472. The lowest BCUT2D eigenvalue weighted by molar-refractivity contribution is 0.251. The Morgan fingerprint density at radius 2 is 1.76 bits per heavy atom. The first-order chi connectivity index (χ1) is 8.34. The summed E-state index contributed by atoms with van der Waals surface area (Å²) in [6, 6.07) is 11.0. The van der Waals surface area contributed by atoms with Crippen molar-refractivity contribution in [3.05, 3.63) is 54.4 Å². The molecule has 2 rings (SSSR count). The fourth-order valence-corrected chi connectivity index (χ4v) is 1.29. The summed E-state index contributed by atoms with van der Waals surface area (Å²) < 4.78 is 0. The van der Waals surface area contributed by atoms with Crippen molar-refractivity contribution in [1.82, 2.24) is 15.3 Å². The lowest BCUT2D eigenvalue weighted by atomic mass is 10.2. The van der Waals surface area contributed by atoms with E-state index in [2.05, 4.69) is 20.6 Å². The van der Waals surface area contributed by atoms with Gasteiger partial charge in [-0.1, -0.05) is 30.3 Å². The molecular formula is C12H12N4O. The van der Waals surface area contributed by atoms with Gasteiger partial charge >= 0.3 is 6.03 Å². The molecule has 5 heteroatoms. The van der Waals surface area contributed by atoms with Crippen LogP contribution in [-0.4, -0.2) is 16.0 Å². The minimum atomic E-state index is -0.319. The van der Waals surface area contributed by atoms with E-state index in [1.54, 1.807) is 18.5 Å². The van der Waals surface area contributed by atoms with Crippen molar-refractivity contribution in [1.29, 1.82) is 0 Å². The molecule has 0 bridgehead atoms. The molecule has 1 aromatic heterocycles. The van der Waals surface area contributed by atoms with E-state index in [1.165, 1.54) is 0 Å². The van der Waals surface area contributed by atoms with E-state index >= 15 is 0 Å². The Hall–Kier alpha value is -2.43. The highest BCUT2D eigenvalue weighted by Crippen LogP contribution is 1.98. The van der Waals surface area contributed by atoms with E-state index in [-0.39, 0.29) is 12.0 Å². The van der Waals surface area contributed by atoms with Gasteiger partial charge in [0.1, 0.15) is 0 Å². The van der Waals surface area contributed by atoms with E-state index in [4.69, 9.17) is 0 Å². The van der Waals surface area contributed by atoms with Crippen LogP contribution in [0.5, 0.6) is 0 Å². The molecule has 0 aliphatic rings. The second-order valence-corrected chi connectivity index (χ2v) is 3.37. The standard InChI is InChI=1S/C12H12N4O/c17-12(16-11-13-7-4-8-14-11)15-9-10-5-2-1-3-6-10/h1-8H,9H2,(H2,13,14,15,16,17). The number of carbonyl (C=O) groups is 1. The van der Waals surface area contributed by atoms with Crippen LogP contribution in [0.4, 0.5) is 10.7 Å². The van der Waals surface area contributed by atoms with Crippen molar-refractivity contribution in [2.75, 3.05) is 5.32 Å². The average Bonchev–Trinajstić information content (AvgIpc) is 2.39. The third-order valence-electron chi connectivity index (χ3n) is 2.09. The van der Waals surface area contributed by atoms with Crippen LogP contribution in [0, 0.1) is 0 Å². The van der Waals surface area contributed by atoms with Crippen LogP contribution in [0.1, 0.15) is 5.56 Å². The zero-order chi connectivity index (χ0) is 11.9. The van der Waals surface area contributed by atoms with Gasteiger partial charge in [0.05, 0.1) is 0 Å². The number of hydrogen-bond donors (Lipinski definition) is 2. The number of amides is 2. The van der Waals surface area contributed by atoms with Crippen LogP contribution in [0.15, 0.2) is 48.8 Å². The number of carbonyl (C=O) groups excluding carboxylic acids is 1. The van der Waals surface area contributed by atoms with Gasteiger partial charge in [-0.25, -0.2) is 14.8 Å². The zero-order valence-electron chi connectivity index (χ0n) is 9.13. The molecule has 0 saturated heterocycles. The zero-order valence-corrected chi connectivity index (χ0v) is 9.13. The monoisotopic (exact) mass is 228 g/mol. The number of urea groups is 1. The minimum Gasteiger partial charge on any atom is -0.334 e. The summed E-state index contributed by atoms with van der Waals surface area (Å²) in [6.45, 7) is 0.472. The first-order valence-corrected chi connectivity index (χ1v) is 5.20. The van der Waals surface area contributed by atoms with E-state index in [1.807, 2.05) is 30.3 Å². The number of benzene rings is 1. The molecule has 2 amide bonds. The highest BCUT2D eigenvalue weighted by atomic mass is 16.2. The van der Waals surface area contributed by atoms with Gasteiger partial charge in [-0.3, -0.25) is 5.32 Å². The Labute approximate surface area is 98.9 Å². The number of hydrogen-bond acceptors (Lipinski definition) is 3. The van der Waals surface area contributed by atoms with Crippen molar-refractivity contribution < 1.29 is 4.79 Å². The van der Waals surface area contributed by atoms with Crippen molar-refractivity contribution in [3.63, 3.8) is 0 Å². The molecule has 86 valence electrons. The molecule has 0 radical (unpaired) electrons. The smallest absolute Gasteiger partial charge is 0.321 e. The predicted octanol–water partition coefficient (Wildman–Crippen LogP) is 1.80. The van der Waals surface area contributed by atoms with E-state index in [9.17, 15) is 4.79 Å². The molecule has 2 N–H and O–H groups in total. The summed E-state index contributed by atoms with van der Waals surface area (Å²) in [5, 5.41) is 5.26. The highest BCUT2D eigenvalue weighted by Gasteiger charge is 2.02. The molecule has 0 saturated carbocycles. The Kier molecular flexibility index (Phi) is 3.64. The van der Waals surface area contributed by atoms with Gasteiger partial charge in [-0.15, -0.1) is 0 Å². The second kappa shape index (κ2) is 5.60. The van der Waals surface area contributed by atoms with Crippen molar-refractivity contribution in [2.24, 2.45) is 0 Å². The topological polar surface area (TPSA) is 66.9 Å². The van der Waals surface area contributed by atoms with E-state index in [0.717, 1.165) is 5.56 Å². The number of rotatable bonds is 3. The summed E-state index contributed by atoms with van der Waals surface area (Å²) in [7, 11) is 0. The lowest BCUT2D eigenvalue weighted by Gasteiger charge is -2.05. The van der Waals surface area contributed by atoms with Crippen molar-refractivity contribution >= 4 is 12.0 Å². The fourth-order valence-electron chi connectivity index (χ4n) is 1.29. The molecule has 2 aromatic rings. The summed E-state index contributed by atoms with van der Waals surface area (Å²) in [5.74, 6) is 0.290. The fraction of sp³-hybridized carbons (Fsp3) is 0.0833.